The van der Waals surface area contributed by atoms with E-state index in [0.717, 1.165) is 16.8 Å². The van der Waals surface area contributed by atoms with Crippen LogP contribution in [0.5, 0.6) is 0 Å². The lowest BCUT2D eigenvalue weighted by Gasteiger charge is -2.11. The molecule has 0 saturated heterocycles. The summed E-state index contributed by atoms with van der Waals surface area (Å²) in [6, 6.07) is 14.7. The molecule has 0 spiro atoms. The van der Waals surface area contributed by atoms with E-state index in [9.17, 15) is 4.39 Å². The quantitative estimate of drug-likeness (QED) is 0.550. The van der Waals surface area contributed by atoms with Crippen molar-refractivity contribution in [3.05, 3.63) is 59.9 Å². The van der Waals surface area contributed by atoms with Crippen molar-refractivity contribution in [1.29, 1.82) is 0 Å². The molecule has 3 nitrogen and oxygen atoms in total. The Morgan fingerprint density at radius 1 is 1.10 bits per heavy atom. The molecule has 0 bridgehead atoms. The van der Waals surface area contributed by atoms with Crippen LogP contribution in [0.2, 0.25) is 0 Å². The third kappa shape index (κ3) is 2.00. The molecule has 0 unspecified atom stereocenters. The molecule has 1 heterocycles. The van der Waals surface area contributed by atoms with Crippen LogP contribution in [0.1, 0.15) is 5.56 Å². The molecule has 3 N–H and O–H groups in total. The normalized spacial score (nSPS) is 10.8. The second-order valence-electron chi connectivity index (χ2n) is 4.65. The summed E-state index contributed by atoms with van der Waals surface area (Å²) in [7, 11) is 0. The number of benzene rings is 2. The zero-order valence-corrected chi connectivity index (χ0v) is 11.0. The van der Waals surface area contributed by atoms with Gasteiger partial charge in [-0.2, -0.15) is 0 Å². The van der Waals surface area contributed by atoms with Crippen LogP contribution >= 0.6 is 0 Å². The Bertz CT molecular complexity index is 770. The summed E-state index contributed by atoms with van der Waals surface area (Å²) < 4.78 is 14.0. The molecular weight excluding hydrogens is 253 g/mol. The standard InChI is InChI=1S/C16H14FN3/c1-10-7-8-12(17)15-14(20-18)9-13(19-16(10)15)11-5-3-2-4-6-11/h2-9H,18H2,1H3,(H,19,20). The highest BCUT2D eigenvalue weighted by Crippen LogP contribution is 2.31. The largest absolute Gasteiger partial charge is 0.323 e. The Kier molecular flexibility index (Phi) is 3.08. The number of nitrogen functional groups attached to an aromatic ring is 1. The minimum absolute atomic E-state index is 0.328. The van der Waals surface area contributed by atoms with E-state index in [2.05, 4.69) is 10.4 Å². The second-order valence-corrected chi connectivity index (χ2v) is 4.65. The fourth-order valence-electron chi connectivity index (χ4n) is 2.30. The molecule has 2 aromatic carbocycles. The number of nitrogens with one attached hydrogen (secondary N) is 1. The van der Waals surface area contributed by atoms with E-state index < -0.39 is 0 Å². The molecule has 0 atom stereocenters. The van der Waals surface area contributed by atoms with E-state index in [1.165, 1.54) is 6.07 Å². The molecule has 0 aliphatic rings. The maximum atomic E-state index is 14.0. The number of pyridine rings is 1. The first kappa shape index (κ1) is 12.6. The topological polar surface area (TPSA) is 50.9 Å². The van der Waals surface area contributed by atoms with Crippen LogP contribution < -0.4 is 11.3 Å². The Hall–Kier alpha value is -2.46. The molecule has 3 aromatic rings. The first-order valence-corrected chi connectivity index (χ1v) is 6.32. The van der Waals surface area contributed by atoms with Gasteiger partial charge in [0.15, 0.2) is 0 Å². The van der Waals surface area contributed by atoms with E-state index in [1.54, 1.807) is 12.1 Å². The fourth-order valence-corrected chi connectivity index (χ4v) is 2.30. The van der Waals surface area contributed by atoms with Crippen molar-refractivity contribution in [2.45, 2.75) is 6.92 Å². The van der Waals surface area contributed by atoms with Gasteiger partial charge in [0.1, 0.15) is 5.82 Å². The van der Waals surface area contributed by atoms with Crippen molar-refractivity contribution in [2.75, 3.05) is 5.43 Å². The van der Waals surface area contributed by atoms with Crippen molar-refractivity contribution < 1.29 is 4.39 Å². The number of hydrazine groups is 1. The predicted octanol–water partition coefficient (Wildman–Crippen LogP) is 3.63. The van der Waals surface area contributed by atoms with Crippen molar-refractivity contribution in [2.24, 2.45) is 5.84 Å². The first-order chi connectivity index (χ1) is 9.70. The number of aromatic nitrogens is 1. The highest BCUT2D eigenvalue weighted by molar-refractivity contribution is 5.95. The molecule has 100 valence electrons. The average molecular weight is 267 g/mol. The van der Waals surface area contributed by atoms with Gasteiger partial charge in [-0.3, -0.25) is 5.84 Å². The maximum Gasteiger partial charge on any atom is 0.134 e. The summed E-state index contributed by atoms with van der Waals surface area (Å²) in [5, 5.41) is 0.423. The van der Waals surface area contributed by atoms with E-state index in [-0.39, 0.29) is 5.82 Å². The minimum atomic E-state index is -0.328. The molecule has 3 rings (SSSR count). The van der Waals surface area contributed by atoms with Gasteiger partial charge in [0.05, 0.1) is 22.3 Å². The number of hydrogen-bond acceptors (Lipinski definition) is 3. The number of nitrogens with two attached hydrogens (primary N) is 1. The molecule has 1 aromatic heterocycles. The van der Waals surface area contributed by atoms with Gasteiger partial charge >= 0.3 is 0 Å². The van der Waals surface area contributed by atoms with Crippen LogP contribution in [0.25, 0.3) is 22.2 Å². The summed E-state index contributed by atoms with van der Waals surface area (Å²) in [6.45, 7) is 1.91. The molecule has 0 aliphatic carbocycles. The van der Waals surface area contributed by atoms with Crippen LogP contribution in [0.15, 0.2) is 48.5 Å². The van der Waals surface area contributed by atoms with E-state index in [0.29, 0.717) is 16.6 Å². The van der Waals surface area contributed by atoms with E-state index >= 15 is 0 Å². The van der Waals surface area contributed by atoms with Gasteiger partial charge < -0.3 is 5.43 Å². The Morgan fingerprint density at radius 2 is 1.85 bits per heavy atom. The lowest BCUT2D eigenvalue weighted by molar-refractivity contribution is 0.639. The molecule has 20 heavy (non-hydrogen) atoms. The van der Waals surface area contributed by atoms with Crippen LogP contribution in [-0.2, 0) is 0 Å². The maximum absolute atomic E-state index is 14.0. The van der Waals surface area contributed by atoms with Gasteiger partial charge in [0.2, 0.25) is 0 Å². The number of anilines is 1. The summed E-state index contributed by atoms with van der Waals surface area (Å²) in [5.74, 6) is 5.21. The Morgan fingerprint density at radius 3 is 2.55 bits per heavy atom. The van der Waals surface area contributed by atoms with E-state index in [4.69, 9.17) is 5.84 Å². The molecule has 0 fully saturated rings. The third-order valence-electron chi connectivity index (χ3n) is 3.34. The molecule has 0 saturated carbocycles. The summed E-state index contributed by atoms with van der Waals surface area (Å²) >= 11 is 0. The van der Waals surface area contributed by atoms with E-state index in [1.807, 2.05) is 37.3 Å². The fraction of sp³-hybridized carbons (Fsp3) is 0.0625. The summed E-state index contributed by atoms with van der Waals surface area (Å²) in [4.78, 5) is 4.58. The number of aryl methyl sites for hydroxylation is 1. The SMILES string of the molecule is Cc1ccc(F)c2c(NN)cc(-c3ccccc3)nc12. The monoisotopic (exact) mass is 267 g/mol. The van der Waals surface area contributed by atoms with Gasteiger partial charge in [-0.25, -0.2) is 9.37 Å². The zero-order valence-electron chi connectivity index (χ0n) is 11.0. The van der Waals surface area contributed by atoms with Crippen molar-refractivity contribution >= 4 is 16.6 Å². The van der Waals surface area contributed by atoms with Crippen LogP contribution in [-0.4, -0.2) is 4.98 Å². The van der Waals surface area contributed by atoms with Gasteiger partial charge in [-0.05, 0) is 24.6 Å². The predicted molar refractivity (Wildman–Crippen MR) is 79.7 cm³/mol. The lowest BCUT2D eigenvalue weighted by atomic mass is 10.0. The number of hydrogen-bond donors (Lipinski definition) is 2. The summed E-state index contributed by atoms with van der Waals surface area (Å²) in [6.07, 6.45) is 0. The smallest absolute Gasteiger partial charge is 0.134 e. The molecular formula is C16H14FN3. The Labute approximate surface area is 116 Å². The second kappa shape index (κ2) is 4.90. The number of halogens is 1. The van der Waals surface area contributed by atoms with Gasteiger partial charge in [-0.1, -0.05) is 36.4 Å². The van der Waals surface area contributed by atoms with Crippen molar-refractivity contribution in [3.8, 4) is 11.3 Å². The molecule has 0 radical (unpaired) electrons. The Balaban J connectivity index is 2.35. The highest BCUT2D eigenvalue weighted by atomic mass is 19.1. The minimum Gasteiger partial charge on any atom is -0.323 e. The first-order valence-electron chi connectivity index (χ1n) is 6.32. The third-order valence-corrected chi connectivity index (χ3v) is 3.34. The molecule has 0 amide bonds. The van der Waals surface area contributed by atoms with Gasteiger partial charge in [-0.15, -0.1) is 0 Å². The highest BCUT2D eigenvalue weighted by Gasteiger charge is 2.12. The van der Waals surface area contributed by atoms with Crippen LogP contribution in [0, 0.1) is 12.7 Å². The van der Waals surface area contributed by atoms with Crippen LogP contribution in [0.3, 0.4) is 0 Å². The average Bonchev–Trinajstić information content (AvgIpc) is 2.51. The van der Waals surface area contributed by atoms with Crippen molar-refractivity contribution in [1.82, 2.24) is 4.98 Å². The molecule has 0 aliphatic heterocycles. The van der Waals surface area contributed by atoms with Crippen molar-refractivity contribution in [3.63, 3.8) is 0 Å². The van der Waals surface area contributed by atoms with Crippen LogP contribution in [0.4, 0.5) is 10.1 Å². The number of nitrogens with zero attached hydrogens (tertiary/aromatic N) is 1. The lowest BCUT2D eigenvalue weighted by Crippen LogP contribution is -2.09. The zero-order chi connectivity index (χ0) is 14.1. The van der Waals surface area contributed by atoms with Gasteiger partial charge in [0.25, 0.3) is 0 Å². The number of rotatable bonds is 2. The van der Waals surface area contributed by atoms with Gasteiger partial charge in [0, 0.05) is 5.56 Å². The summed E-state index contributed by atoms with van der Waals surface area (Å²) in [5.41, 5.74) is 6.37. The number of fused-ring (bicyclic) bond motifs is 1. The molecule has 4 heteroatoms.